The van der Waals surface area contributed by atoms with E-state index >= 15 is 0 Å². The number of carbonyl (C=O) groups is 3. The number of hydrogen-bond acceptors (Lipinski definition) is 8. The molecule has 2 unspecified atom stereocenters. The molecule has 0 heterocycles. The van der Waals surface area contributed by atoms with Crippen molar-refractivity contribution >= 4 is 31.4 Å². The smallest absolute Gasteiger partial charge is 0.402 e. The molecule has 0 radical (unpaired) electrons. The van der Waals surface area contributed by atoms with Crippen LogP contribution in [0.25, 0.3) is 0 Å². The van der Waals surface area contributed by atoms with Crippen molar-refractivity contribution in [3.05, 3.63) is 11.9 Å². The second-order valence-corrected chi connectivity index (χ2v) is 8.89. The Hall–Kier alpha value is -2.47. The van der Waals surface area contributed by atoms with Crippen molar-refractivity contribution in [2.24, 2.45) is 33.8 Å². The highest BCUT2D eigenvalue weighted by atomic mass is 31.2. The summed E-state index contributed by atoms with van der Waals surface area (Å²) in [5.74, 6) is -2.42. The second kappa shape index (κ2) is 13.8. The monoisotopic (exact) mass is 464 g/mol. The molecule has 0 aromatic rings. The molecule has 0 aliphatic rings. The first-order chi connectivity index (χ1) is 14.2. The maximum Gasteiger partial charge on any atom is 0.402 e. The molecule has 0 saturated heterocycles. The van der Waals surface area contributed by atoms with E-state index in [-0.39, 0.29) is 37.7 Å². The number of hydrogen-bond donors (Lipinski definition) is 7. The van der Waals surface area contributed by atoms with Crippen LogP contribution in [-0.2, 0) is 23.5 Å². The van der Waals surface area contributed by atoms with E-state index < -0.39 is 43.6 Å². The van der Waals surface area contributed by atoms with Crippen LogP contribution in [0.4, 0.5) is 0 Å². The molecule has 14 heteroatoms. The number of aliphatic carboxylic acids is 1. The number of aliphatic imine (C=N–C) groups is 1. The molecule has 13 nitrogen and oxygen atoms in total. The predicted molar refractivity (Wildman–Crippen MR) is 115 cm³/mol. The number of nitrogens with two attached hydrogens (primary N) is 4. The van der Waals surface area contributed by atoms with E-state index in [4.69, 9.17) is 28.0 Å². The van der Waals surface area contributed by atoms with E-state index in [1.165, 1.54) is 0 Å². The average molecular weight is 464 g/mol. The number of nitrogens with one attached hydrogen (secondary N) is 1. The average Bonchev–Trinajstić information content (AvgIpc) is 2.62. The van der Waals surface area contributed by atoms with Crippen LogP contribution in [0.15, 0.2) is 16.9 Å². The summed E-state index contributed by atoms with van der Waals surface area (Å²) in [6.45, 7) is 3.90. The molecule has 0 bridgehead atoms. The van der Waals surface area contributed by atoms with Gasteiger partial charge >= 0.3 is 19.5 Å². The fourth-order valence-electron chi connectivity index (χ4n) is 2.31. The molecule has 0 spiro atoms. The number of rotatable bonds is 14. The van der Waals surface area contributed by atoms with Crippen LogP contribution >= 0.6 is 7.60 Å². The summed E-state index contributed by atoms with van der Waals surface area (Å²) in [6.07, 6.45) is 1.42. The van der Waals surface area contributed by atoms with Gasteiger partial charge in [0.05, 0.1) is 6.04 Å². The molecule has 4 atom stereocenters. The molecule has 0 fully saturated rings. The third kappa shape index (κ3) is 13.4. The molecular weight excluding hydrogens is 431 g/mol. The zero-order chi connectivity index (χ0) is 24.2. The van der Waals surface area contributed by atoms with Gasteiger partial charge in [0.15, 0.2) is 5.96 Å². The Morgan fingerprint density at radius 1 is 1.19 bits per heavy atom. The first kappa shape index (κ1) is 28.5. The Balaban J connectivity index is 5.17. The predicted octanol–water partition coefficient (Wildman–Crippen LogP) is -1.06. The molecule has 0 saturated carbocycles. The SMILES string of the molecule is CC(C)C[C@H](N)C(=O)N[C@@H](CCCN=C(N)N)C(=O)OP(=O)(O)C=CCC(N)C(=O)O. The van der Waals surface area contributed by atoms with Crippen molar-refractivity contribution in [3.63, 3.8) is 0 Å². The van der Waals surface area contributed by atoms with Gasteiger partial charge in [0, 0.05) is 12.4 Å². The number of guanidine groups is 1. The Labute approximate surface area is 180 Å². The van der Waals surface area contributed by atoms with Gasteiger partial charge in [-0.1, -0.05) is 19.9 Å². The van der Waals surface area contributed by atoms with E-state index in [0.717, 1.165) is 6.08 Å². The van der Waals surface area contributed by atoms with Gasteiger partial charge in [-0.25, -0.2) is 9.36 Å². The highest BCUT2D eigenvalue weighted by Gasteiger charge is 2.30. The number of amides is 1. The van der Waals surface area contributed by atoms with Crippen LogP contribution in [-0.4, -0.2) is 58.5 Å². The van der Waals surface area contributed by atoms with Crippen molar-refractivity contribution in [1.82, 2.24) is 5.32 Å². The van der Waals surface area contributed by atoms with Gasteiger partial charge in [-0.2, -0.15) is 0 Å². The van der Waals surface area contributed by atoms with Gasteiger partial charge in [-0.15, -0.1) is 0 Å². The van der Waals surface area contributed by atoms with Crippen LogP contribution in [0.5, 0.6) is 0 Å². The minimum Gasteiger partial charge on any atom is -0.480 e. The lowest BCUT2D eigenvalue weighted by atomic mass is 10.0. The van der Waals surface area contributed by atoms with Crippen molar-refractivity contribution in [3.8, 4) is 0 Å². The van der Waals surface area contributed by atoms with Crippen LogP contribution in [0.3, 0.4) is 0 Å². The summed E-state index contributed by atoms with van der Waals surface area (Å²) in [5.41, 5.74) is 21.6. The molecule has 178 valence electrons. The second-order valence-electron chi connectivity index (χ2n) is 7.29. The van der Waals surface area contributed by atoms with Gasteiger partial charge in [-0.05, 0) is 31.6 Å². The molecule has 1 amide bonds. The summed E-state index contributed by atoms with van der Waals surface area (Å²) < 4.78 is 16.7. The largest absolute Gasteiger partial charge is 0.480 e. The Kier molecular flexibility index (Phi) is 12.7. The van der Waals surface area contributed by atoms with Gasteiger partial charge in [0.1, 0.15) is 12.1 Å². The highest BCUT2D eigenvalue weighted by molar-refractivity contribution is 7.56. The summed E-state index contributed by atoms with van der Waals surface area (Å²) in [5, 5.41) is 11.1. The molecule has 31 heavy (non-hydrogen) atoms. The lowest BCUT2D eigenvalue weighted by Gasteiger charge is -2.21. The standard InChI is InChI=1S/C17H33N6O7P/c1-10(2)9-12(19)14(24)23-13(6-3-7-22-17(20)21)16(27)30-31(28,29)8-4-5-11(18)15(25)26/h4,8,10-13H,3,5-7,9,18-19H2,1-2H3,(H,23,24)(H,25,26)(H,28,29)(H4,20,21,22)/t11?,12-,13-/m0/s1. The Bertz CT molecular complexity index is 724. The Morgan fingerprint density at radius 2 is 1.81 bits per heavy atom. The Morgan fingerprint density at radius 3 is 2.32 bits per heavy atom. The lowest BCUT2D eigenvalue weighted by molar-refractivity contribution is -0.140. The number of carboxylic acids is 1. The van der Waals surface area contributed by atoms with Crippen molar-refractivity contribution in [2.45, 2.75) is 57.7 Å². The molecule has 0 aromatic heterocycles. The van der Waals surface area contributed by atoms with E-state index in [0.29, 0.717) is 12.2 Å². The lowest BCUT2D eigenvalue weighted by Crippen LogP contribution is -2.49. The van der Waals surface area contributed by atoms with E-state index in [9.17, 15) is 23.8 Å². The van der Waals surface area contributed by atoms with Gasteiger partial charge < -0.3 is 42.8 Å². The van der Waals surface area contributed by atoms with Gasteiger partial charge in [0.2, 0.25) is 5.91 Å². The van der Waals surface area contributed by atoms with Crippen molar-refractivity contribution < 1.29 is 33.5 Å². The summed E-state index contributed by atoms with van der Waals surface area (Å²) >= 11 is 0. The van der Waals surface area contributed by atoms with E-state index in [1.807, 2.05) is 13.8 Å². The van der Waals surface area contributed by atoms with E-state index in [1.54, 1.807) is 0 Å². The van der Waals surface area contributed by atoms with Crippen molar-refractivity contribution in [2.75, 3.05) is 6.54 Å². The minimum atomic E-state index is -4.56. The summed E-state index contributed by atoms with van der Waals surface area (Å²) in [7, 11) is -4.56. The van der Waals surface area contributed by atoms with Crippen LogP contribution in [0, 0.1) is 5.92 Å². The molecule has 0 rings (SSSR count). The quantitative estimate of drug-likeness (QED) is 0.0706. The number of carboxylic acid groups (broad SMARTS) is 1. The fraction of sp³-hybridized carbons (Fsp3) is 0.647. The van der Waals surface area contributed by atoms with Crippen LogP contribution in [0.2, 0.25) is 0 Å². The van der Waals surface area contributed by atoms with Gasteiger partial charge in [0.25, 0.3) is 0 Å². The first-order valence-corrected chi connectivity index (χ1v) is 11.2. The zero-order valence-corrected chi connectivity index (χ0v) is 18.5. The minimum absolute atomic E-state index is 0.0172. The molecule has 0 aliphatic carbocycles. The maximum absolute atomic E-state index is 12.4. The molecule has 0 aromatic carbocycles. The number of nitrogens with zero attached hydrogens (tertiary/aromatic N) is 1. The number of carbonyl (C=O) groups excluding carboxylic acids is 2. The van der Waals surface area contributed by atoms with Crippen molar-refractivity contribution in [1.29, 1.82) is 0 Å². The topological polar surface area (TPSA) is 246 Å². The van der Waals surface area contributed by atoms with E-state index in [2.05, 4.69) is 14.8 Å². The third-order valence-electron chi connectivity index (χ3n) is 3.83. The van der Waals surface area contributed by atoms with Crippen LogP contribution in [0.1, 0.15) is 39.5 Å². The molecule has 11 N–H and O–H groups in total. The highest BCUT2D eigenvalue weighted by Crippen LogP contribution is 2.44. The molecular formula is C17H33N6O7P. The maximum atomic E-state index is 12.4. The summed E-state index contributed by atoms with van der Waals surface area (Å²) in [6, 6.07) is -3.43. The third-order valence-corrected chi connectivity index (χ3v) is 4.86. The summed E-state index contributed by atoms with van der Waals surface area (Å²) in [4.78, 5) is 49.0. The normalized spacial score (nSPS) is 16.2. The first-order valence-electron chi connectivity index (χ1n) is 9.58. The molecule has 0 aliphatic heterocycles. The van der Waals surface area contributed by atoms with Crippen LogP contribution < -0.4 is 28.3 Å². The zero-order valence-electron chi connectivity index (χ0n) is 17.6. The fourth-order valence-corrected chi connectivity index (χ4v) is 3.14. The van der Waals surface area contributed by atoms with Gasteiger partial charge in [-0.3, -0.25) is 14.6 Å².